The molecule has 0 saturated carbocycles. The van der Waals surface area contributed by atoms with Crippen molar-refractivity contribution in [3.05, 3.63) is 72.4 Å². The number of nitrogens with two attached hydrogens (primary N) is 1. The van der Waals surface area contributed by atoms with Crippen LogP contribution in [0, 0.1) is 0 Å². The van der Waals surface area contributed by atoms with Crippen molar-refractivity contribution in [2.75, 3.05) is 6.61 Å². The minimum absolute atomic E-state index is 0.109. The average molecular weight is 279 g/mol. The van der Waals surface area contributed by atoms with Crippen molar-refractivity contribution in [2.45, 2.75) is 6.04 Å². The van der Waals surface area contributed by atoms with Gasteiger partial charge >= 0.3 is 0 Å². The Bertz CT molecular complexity index is 715. The SMILES string of the molecule is NNC(COc1ccccc1)c1cnc2ccccc2c1. The van der Waals surface area contributed by atoms with Crippen LogP contribution in [0.15, 0.2) is 66.9 Å². The molecule has 0 aliphatic carbocycles. The van der Waals surface area contributed by atoms with Gasteiger partial charge in [0.2, 0.25) is 0 Å². The summed E-state index contributed by atoms with van der Waals surface area (Å²) in [5.41, 5.74) is 4.77. The summed E-state index contributed by atoms with van der Waals surface area (Å²) in [6, 6.07) is 19.7. The highest BCUT2D eigenvalue weighted by Gasteiger charge is 2.11. The Morgan fingerprint density at radius 2 is 1.81 bits per heavy atom. The van der Waals surface area contributed by atoms with Gasteiger partial charge in [0.1, 0.15) is 12.4 Å². The molecule has 21 heavy (non-hydrogen) atoms. The monoisotopic (exact) mass is 279 g/mol. The molecule has 106 valence electrons. The first-order valence-corrected chi connectivity index (χ1v) is 6.85. The van der Waals surface area contributed by atoms with E-state index in [0.29, 0.717) is 6.61 Å². The maximum Gasteiger partial charge on any atom is 0.119 e. The summed E-state index contributed by atoms with van der Waals surface area (Å²) >= 11 is 0. The van der Waals surface area contributed by atoms with Crippen LogP contribution in [0.4, 0.5) is 0 Å². The molecule has 4 nitrogen and oxygen atoms in total. The van der Waals surface area contributed by atoms with Gasteiger partial charge in [0.25, 0.3) is 0 Å². The van der Waals surface area contributed by atoms with Gasteiger partial charge in [-0.1, -0.05) is 36.4 Å². The molecule has 0 amide bonds. The van der Waals surface area contributed by atoms with Crippen LogP contribution in [0.5, 0.6) is 5.75 Å². The average Bonchev–Trinajstić information content (AvgIpc) is 2.56. The van der Waals surface area contributed by atoms with Gasteiger partial charge in [-0.25, -0.2) is 5.43 Å². The quantitative estimate of drug-likeness (QED) is 0.557. The number of hydrogen-bond donors (Lipinski definition) is 2. The van der Waals surface area contributed by atoms with Crippen LogP contribution in [0.3, 0.4) is 0 Å². The van der Waals surface area contributed by atoms with Gasteiger partial charge < -0.3 is 4.74 Å². The first kappa shape index (κ1) is 13.5. The summed E-state index contributed by atoms with van der Waals surface area (Å²) in [6.07, 6.45) is 1.83. The summed E-state index contributed by atoms with van der Waals surface area (Å²) in [6.45, 7) is 0.445. The van der Waals surface area contributed by atoms with Gasteiger partial charge in [-0.05, 0) is 29.8 Å². The molecule has 1 aromatic heterocycles. The van der Waals surface area contributed by atoms with E-state index in [9.17, 15) is 0 Å². The second kappa shape index (κ2) is 6.35. The number of pyridine rings is 1. The number of hydrogen-bond acceptors (Lipinski definition) is 4. The van der Waals surface area contributed by atoms with E-state index in [1.165, 1.54) is 0 Å². The molecular formula is C17H17N3O. The topological polar surface area (TPSA) is 60.2 Å². The van der Waals surface area contributed by atoms with Crippen LogP contribution in [0.2, 0.25) is 0 Å². The lowest BCUT2D eigenvalue weighted by molar-refractivity contribution is 0.267. The molecule has 0 saturated heterocycles. The lowest BCUT2D eigenvalue weighted by Gasteiger charge is -2.17. The van der Waals surface area contributed by atoms with Crippen molar-refractivity contribution in [3.63, 3.8) is 0 Å². The fraction of sp³-hybridized carbons (Fsp3) is 0.118. The van der Waals surface area contributed by atoms with Crippen LogP contribution in [-0.2, 0) is 0 Å². The number of fused-ring (bicyclic) bond motifs is 1. The number of aromatic nitrogens is 1. The van der Waals surface area contributed by atoms with E-state index in [2.05, 4.69) is 16.5 Å². The van der Waals surface area contributed by atoms with Crippen molar-refractivity contribution in [3.8, 4) is 5.75 Å². The normalized spacial score (nSPS) is 12.2. The van der Waals surface area contributed by atoms with Crippen LogP contribution in [-0.4, -0.2) is 11.6 Å². The molecule has 0 spiro atoms. The third-order valence-electron chi connectivity index (χ3n) is 3.38. The maximum atomic E-state index is 5.76. The highest BCUT2D eigenvalue weighted by atomic mass is 16.5. The Kier molecular flexibility index (Phi) is 4.09. The summed E-state index contributed by atoms with van der Waals surface area (Å²) in [5.74, 6) is 6.48. The third-order valence-corrected chi connectivity index (χ3v) is 3.38. The first-order valence-electron chi connectivity index (χ1n) is 6.85. The fourth-order valence-electron chi connectivity index (χ4n) is 2.22. The lowest BCUT2D eigenvalue weighted by Crippen LogP contribution is -2.32. The highest BCUT2D eigenvalue weighted by molar-refractivity contribution is 5.78. The van der Waals surface area contributed by atoms with Crippen molar-refractivity contribution >= 4 is 10.9 Å². The third kappa shape index (κ3) is 3.18. The number of nitrogens with one attached hydrogen (secondary N) is 1. The van der Waals surface area contributed by atoms with E-state index in [1.807, 2.05) is 60.8 Å². The Labute approximate surface area is 123 Å². The van der Waals surface area contributed by atoms with Crippen molar-refractivity contribution < 1.29 is 4.74 Å². The number of benzene rings is 2. The molecule has 0 fully saturated rings. The zero-order valence-corrected chi connectivity index (χ0v) is 11.6. The van der Waals surface area contributed by atoms with Gasteiger partial charge in [-0.3, -0.25) is 10.8 Å². The first-order chi connectivity index (χ1) is 10.4. The molecule has 1 heterocycles. The van der Waals surface area contributed by atoms with Crippen molar-refractivity contribution in [1.29, 1.82) is 0 Å². The zero-order chi connectivity index (χ0) is 14.5. The number of ether oxygens (including phenoxy) is 1. The van der Waals surface area contributed by atoms with Crippen LogP contribution in [0.1, 0.15) is 11.6 Å². The second-order valence-corrected chi connectivity index (χ2v) is 4.80. The summed E-state index contributed by atoms with van der Waals surface area (Å²) in [5, 5.41) is 1.09. The molecule has 0 bridgehead atoms. The minimum atomic E-state index is -0.109. The Hall–Kier alpha value is -2.43. The maximum absolute atomic E-state index is 5.76. The van der Waals surface area contributed by atoms with E-state index < -0.39 is 0 Å². The zero-order valence-electron chi connectivity index (χ0n) is 11.6. The Morgan fingerprint density at radius 1 is 1.05 bits per heavy atom. The van der Waals surface area contributed by atoms with E-state index in [0.717, 1.165) is 22.2 Å². The van der Waals surface area contributed by atoms with Gasteiger partial charge in [-0.15, -0.1) is 0 Å². The number of hydrazine groups is 1. The van der Waals surface area contributed by atoms with E-state index >= 15 is 0 Å². The Balaban J connectivity index is 1.78. The highest BCUT2D eigenvalue weighted by Crippen LogP contribution is 2.19. The molecule has 3 N–H and O–H groups in total. The summed E-state index contributed by atoms with van der Waals surface area (Å²) < 4.78 is 5.76. The number of nitrogens with zero attached hydrogens (tertiary/aromatic N) is 1. The molecule has 1 unspecified atom stereocenters. The summed E-state index contributed by atoms with van der Waals surface area (Å²) in [4.78, 5) is 4.45. The van der Waals surface area contributed by atoms with E-state index in [1.54, 1.807) is 0 Å². The number of rotatable bonds is 5. The molecule has 1 atom stereocenters. The van der Waals surface area contributed by atoms with Gasteiger partial charge in [-0.2, -0.15) is 0 Å². The summed E-state index contributed by atoms with van der Waals surface area (Å²) in [7, 11) is 0. The standard InChI is InChI=1S/C17H17N3O/c18-20-17(12-21-15-7-2-1-3-8-15)14-10-13-6-4-5-9-16(13)19-11-14/h1-11,17,20H,12,18H2. The van der Waals surface area contributed by atoms with Crippen LogP contribution < -0.4 is 16.0 Å². The molecule has 3 aromatic rings. The van der Waals surface area contributed by atoms with Gasteiger partial charge in [0.15, 0.2) is 0 Å². The number of para-hydroxylation sites is 2. The van der Waals surface area contributed by atoms with Crippen molar-refractivity contribution in [2.24, 2.45) is 5.84 Å². The molecule has 2 aromatic carbocycles. The van der Waals surface area contributed by atoms with E-state index in [4.69, 9.17) is 10.6 Å². The smallest absolute Gasteiger partial charge is 0.119 e. The molecular weight excluding hydrogens is 262 g/mol. The molecule has 0 radical (unpaired) electrons. The molecule has 0 aliphatic heterocycles. The van der Waals surface area contributed by atoms with Crippen molar-refractivity contribution in [1.82, 2.24) is 10.4 Å². The molecule has 3 rings (SSSR count). The minimum Gasteiger partial charge on any atom is -0.492 e. The predicted octanol–water partition coefficient (Wildman–Crippen LogP) is 2.82. The van der Waals surface area contributed by atoms with Gasteiger partial charge in [0.05, 0.1) is 11.6 Å². The lowest BCUT2D eigenvalue weighted by atomic mass is 10.1. The fourth-order valence-corrected chi connectivity index (χ4v) is 2.22. The largest absolute Gasteiger partial charge is 0.492 e. The second-order valence-electron chi connectivity index (χ2n) is 4.80. The Morgan fingerprint density at radius 3 is 2.62 bits per heavy atom. The van der Waals surface area contributed by atoms with E-state index in [-0.39, 0.29) is 6.04 Å². The van der Waals surface area contributed by atoms with Crippen LogP contribution in [0.25, 0.3) is 10.9 Å². The molecule has 0 aliphatic rings. The van der Waals surface area contributed by atoms with Crippen LogP contribution >= 0.6 is 0 Å². The molecule has 4 heteroatoms. The predicted molar refractivity (Wildman–Crippen MR) is 83.7 cm³/mol. The van der Waals surface area contributed by atoms with Gasteiger partial charge in [0, 0.05) is 11.6 Å².